The van der Waals surface area contributed by atoms with Crippen LogP contribution in [0.1, 0.15) is 12.8 Å². The third kappa shape index (κ3) is 5.13. The molecule has 0 aliphatic carbocycles. The fourth-order valence-corrected chi connectivity index (χ4v) is 3.83. The number of nitrogens with one attached hydrogen (secondary N) is 1. The average molecular weight is 296 g/mol. The van der Waals surface area contributed by atoms with Crippen molar-refractivity contribution in [2.24, 2.45) is 5.92 Å². The average Bonchev–Trinajstić information content (AvgIpc) is 2.86. The molecule has 0 aromatic heterocycles. The van der Waals surface area contributed by atoms with Gasteiger partial charge in [0, 0.05) is 20.1 Å². The number of thioether (sulfide) groups is 1. The fourth-order valence-electron chi connectivity index (χ4n) is 1.55. The van der Waals surface area contributed by atoms with E-state index in [4.69, 9.17) is 0 Å². The van der Waals surface area contributed by atoms with E-state index in [0.717, 1.165) is 22.2 Å². The van der Waals surface area contributed by atoms with Gasteiger partial charge in [0.05, 0.1) is 13.5 Å². The summed E-state index contributed by atoms with van der Waals surface area (Å²) < 4.78 is 31.9. The molecule has 1 aliphatic heterocycles. The van der Waals surface area contributed by atoms with Crippen molar-refractivity contribution in [3.63, 3.8) is 0 Å². The molecule has 1 rings (SSSR count). The molecule has 1 unspecified atom stereocenters. The Morgan fingerprint density at radius 1 is 1.56 bits per heavy atom. The molecule has 1 fully saturated rings. The first-order valence-corrected chi connectivity index (χ1v) is 8.40. The molecule has 8 heteroatoms. The van der Waals surface area contributed by atoms with Gasteiger partial charge < -0.3 is 4.74 Å². The largest absolute Gasteiger partial charge is 0.469 e. The normalized spacial score (nSPS) is 20.3. The zero-order valence-electron chi connectivity index (χ0n) is 10.7. The molecule has 0 bridgehead atoms. The van der Waals surface area contributed by atoms with Crippen molar-refractivity contribution >= 4 is 27.9 Å². The van der Waals surface area contributed by atoms with Gasteiger partial charge in [-0.25, -0.2) is 4.72 Å². The molecule has 1 N–H and O–H groups in total. The van der Waals surface area contributed by atoms with Gasteiger partial charge in [0.2, 0.25) is 0 Å². The van der Waals surface area contributed by atoms with Crippen molar-refractivity contribution in [3.05, 3.63) is 0 Å². The van der Waals surface area contributed by atoms with E-state index >= 15 is 0 Å². The number of carbonyl (C=O) groups is 1. The van der Waals surface area contributed by atoms with Crippen molar-refractivity contribution in [2.75, 3.05) is 38.8 Å². The second kappa shape index (κ2) is 7.32. The zero-order valence-corrected chi connectivity index (χ0v) is 12.3. The number of rotatable bonds is 7. The second-order valence-corrected chi connectivity index (χ2v) is 7.24. The minimum absolute atomic E-state index is 0.0627. The molecule has 1 atom stereocenters. The summed E-state index contributed by atoms with van der Waals surface area (Å²) in [6, 6.07) is 0. The van der Waals surface area contributed by atoms with Gasteiger partial charge in [0.1, 0.15) is 0 Å². The van der Waals surface area contributed by atoms with Crippen molar-refractivity contribution < 1.29 is 17.9 Å². The van der Waals surface area contributed by atoms with Crippen LogP contribution in [0.15, 0.2) is 0 Å². The van der Waals surface area contributed by atoms with Crippen LogP contribution in [0.5, 0.6) is 0 Å². The lowest BCUT2D eigenvalue weighted by atomic mass is 10.1. The highest BCUT2D eigenvalue weighted by molar-refractivity contribution is 7.99. The molecule has 18 heavy (non-hydrogen) atoms. The Hall–Kier alpha value is -0.310. The van der Waals surface area contributed by atoms with Crippen LogP contribution in [-0.2, 0) is 19.7 Å². The molecule has 6 nitrogen and oxygen atoms in total. The zero-order chi connectivity index (χ0) is 13.6. The first-order chi connectivity index (χ1) is 8.45. The Balaban J connectivity index is 2.34. The van der Waals surface area contributed by atoms with Gasteiger partial charge in [-0.05, 0) is 23.8 Å². The third-order valence-electron chi connectivity index (χ3n) is 2.85. The lowest BCUT2D eigenvalue weighted by molar-refractivity contribution is -0.140. The van der Waals surface area contributed by atoms with Gasteiger partial charge in [-0.15, -0.1) is 0 Å². The van der Waals surface area contributed by atoms with E-state index in [-0.39, 0.29) is 13.0 Å². The van der Waals surface area contributed by atoms with Crippen molar-refractivity contribution in [1.82, 2.24) is 9.03 Å². The molecule has 1 heterocycles. The Kier molecular flexibility index (Phi) is 6.40. The summed E-state index contributed by atoms with van der Waals surface area (Å²) in [5, 5.41) is 0. The maximum absolute atomic E-state index is 11.8. The van der Waals surface area contributed by atoms with E-state index in [0.29, 0.717) is 12.5 Å². The molecule has 1 saturated heterocycles. The minimum Gasteiger partial charge on any atom is -0.469 e. The number of hydrogen-bond acceptors (Lipinski definition) is 5. The third-order valence-corrected chi connectivity index (χ3v) is 5.61. The lowest BCUT2D eigenvalue weighted by Crippen LogP contribution is -2.41. The Bertz CT molecular complexity index is 366. The van der Waals surface area contributed by atoms with Gasteiger partial charge in [-0.2, -0.15) is 24.5 Å². The lowest BCUT2D eigenvalue weighted by Gasteiger charge is -2.18. The number of methoxy groups -OCH3 is 1. The maximum atomic E-state index is 11.8. The van der Waals surface area contributed by atoms with Gasteiger partial charge >= 0.3 is 5.97 Å². The summed E-state index contributed by atoms with van der Waals surface area (Å²) in [4.78, 5) is 10.9. The first-order valence-electron chi connectivity index (χ1n) is 5.81. The quantitative estimate of drug-likeness (QED) is 0.673. The second-order valence-electron chi connectivity index (χ2n) is 4.23. The minimum atomic E-state index is -3.49. The molecule has 106 valence electrons. The molecule has 0 radical (unpaired) electrons. The highest BCUT2D eigenvalue weighted by atomic mass is 32.2. The maximum Gasteiger partial charge on any atom is 0.306 e. The van der Waals surface area contributed by atoms with E-state index in [1.165, 1.54) is 14.2 Å². The van der Waals surface area contributed by atoms with E-state index in [1.807, 2.05) is 11.8 Å². The van der Waals surface area contributed by atoms with Gasteiger partial charge in [-0.3, -0.25) is 4.79 Å². The molecular formula is C10H20N2O4S2. The van der Waals surface area contributed by atoms with E-state index in [2.05, 4.69) is 9.46 Å². The highest BCUT2D eigenvalue weighted by Gasteiger charge is 2.22. The van der Waals surface area contributed by atoms with Gasteiger partial charge in [0.15, 0.2) is 0 Å². The number of nitrogens with zero attached hydrogens (tertiary/aromatic N) is 1. The van der Waals surface area contributed by atoms with Crippen LogP contribution in [0.4, 0.5) is 0 Å². The number of carbonyl (C=O) groups excluding carboxylic acids is 1. The molecule has 0 aromatic rings. The first kappa shape index (κ1) is 15.7. The van der Waals surface area contributed by atoms with Crippen LogP contribution in [0.3, 0.4) is 0 Å². The summed E-state index contributed by atoms with van der Waals surface area (Å²) in [7, 11) is -0.748. The number of esters is 1. The molecule has 0 saturated carbocycles. The van der Waals surface area contributed by atoms with E-state index < -0.39 is 16.2 Å². The van der Waals surface area contributed by atoms with Crippen molar-refractivity contribution in [1.29, 1.82) is 0 Å². The van der Waals surface area contributed by atoms with E-state index in [9.17, 15) is 13.2 Å². The smallest absolute Gasteiger partial charge is 0.306 e. The number of ether oxygens (including phenoxy) is 1. The van der Waals surface area contributed by atoms with Crippen LogP contribution in [0.25, 0.3) is 0 Å². The summed E-state index contributed by atoms with van der Waals surface area (Å²) in [6.07, 6.45) is 1.12. The Morgan fingerprint density at radius 2 is 2.28 bits per heavy atom. The Labute approximate surface area is 113 Å². The van der Waals surface area contributed by atoms with Crippen LogP contribution in [-0.4, -0.2) is 57.4 Å². The van der Waals surface area contributed by atoms with Crippen LogP contribution in [0, 0.1) is 5.92 Å². The van der Waals surface area contributed by atoms with Gasteiger partial charge in [0.25, 0.3) is 10.2 Å². The van der Waals surface area contributed by atoms with E-state index in [1.54, 1.807) is 0 Å². The molecule has 0 spiro atoms. The number of hydrogen-bond donors (Lipinski definition) is 1. The SMILES string of the molecule is COC(=O)CCN(C)S(=O)(=O)NCC1CCSC1. The fraction of sp³-hybridized carbons (Fsp3) is 0.900. The van der Waals surface area contributed by atoms with Crippen LogP contribution < -0.4 is 4.72 Å². The summed E-state index contributed by atoms with van der Waals surface area (Å²) >= 11 is 1.85. The van der Waals surface area contributed by atoms with Crippen molar-refractivity contribution in [3.8, 4) is 0 Å². The monoisotopic (exact) mass is 296 g/mol. The summed E-state index contributed by atoms with van der Waals surface area (Å²) in [5.74, 6) is 2.11. The predicted molar refractivity (Wildman–Crippen MR) is 71.6 cm³/mol. The molecule has 0 amide bonds. The summed E-state index contributed by atoms with van der Waals surface area (Å²) in [5.41, 5.74) is 0. The van der Waals surface area contributed by atoms with Crippen molar-refractivity contribution in [2.45, 2.75) is 12.8 Å². The highest BCUT2D eigenvalue weighted by Crippen LogP contribution is 2.22. The standard InChI is InChI=1S/C10H20N2O4S2/c1-12(5-3-10(13)16-2)18(14,15)11-7-9-4-6-17-8-9/h9,11H,3-8H2,1-2H3. The molecular weight excluding hydrogens is 276 g/mol. The molecule has 1 aliphatic rings. The van der Waals surface area contributed by atoms with Crippen LogP contribution in [0.2, 0.25) is 0 Å². The summed E-state index contributed by atoms with van der Waals surface area (Å²) in [6.45, 7) is 0.597. The van der Waals surface area contributed by atoms with Crippen LogP contribution >= 0.6 is 11.8 Å². The topological polar surface area (TPSA) is 75.7 Å². The Morgan fingerprint density at radius 3 is 2.83 bits per heavy atom. The molecule has 0 aromatic carbocycles. The predicted octanol–water partition coefficient (Wildman–Crippen LogP) is 0.0688. The van der Waals surface area contributed by atoms with Gasteiger partial charge in [-0.1, -0.05) is 0 Å².